The van der Waals surface area contributed by atoms with Crippen LogP contribution in [0.5, 0.6) is 0 Å². The third kappa shape index (κ3) is 4.09. The molecule has 0 aliphatic heterocycles. The number of hydrogen-bond acceptors (Lipinski definition) is 6. The lowest BCUT2D eigenvalue weighted by molar-refractivity contribution is -0.117. The molecule has 0 saturated carbocycles. The molecule has 2 amide bonds. The fourth-order valence-electron chi connectivity index (χ4n) is 1.72. The average Bonchev–Trinajstić information content (AvgIpc) is 3.13. The summed E-state index contributed by atoms with van der Waals surface area (Å²) in [6.45, 7) is 0. The van der Waals surface area contributed by atoms with E-state index in [1.165, 1.54) is 11.3 Å². The second-order valence-corrected chi connectivity index (χ2v) is 6.43. The zero-order valence-electron chi connectivity index (χ0n) is 12.0. The van der Waals surface area contributed by atoms with Crippen LogP contribution in [0.2, 0.25) is 0 Å². The van der Waals surface area contributed by atoms with E-state index < -0.39 is 11.9 Å². The number of carbonyl (C=O) groups is 2. The van der Waals surface area contributed by atoms with E-state index in [9.17, 15) is 9.59 Å². The van der Waals surface area contributed by atoms with Gasteiger partial charge in [0.1, 0.15) is 5.69 Å². The minimum atomic E-state index is -0.548. The highest BCUT2D eigenvalue weighted by Gasteiger charge is 2.15. The van der Waals surface area contributed by atoms with Crippen LogP contribution >= 0.6 is 23.1 Å². The van der Waals surface area contributed by atoms with E-state index in [-0.39, 0.29) is 5.91 Å². The van der Waals surface area contributed by atoms with E-state index >= 15 is 0 Å². The van der Waals surface area contributed by atoms with Gasteiger partial charge in [0, 0.05) is 17.1 Å². The number of nitrogens with one attached hydrogen (secondary N) is 2. The van der Waals surface area contributed by atoms with Crippen molar-refractivity contribution in [2.75, 3.05) is 17.3 Å². The SMILES string of the molecule is CSCCC(N)C(=O)Nc1nc(-c2c[nH]c(C(N)=O)c2)cs1. The van der Waals surface area contributed by atoms with Crippen LogP contribution in [0, 0.1) is 0 Å². The van der Waals surface area contributed by atoms with Crippen molar-refractivity contribution < 1.29 is 9.59 Å². The highest BCUT2D eigenvalue weighted by molar-refractivity contribution is 7.98. The van der Waals surface area contributed by atoms with Crippen molar-refractivity contribution in [1.29, 1.82) is 0 Å². The molecular weight excluding hydrogens is 322 g/mol. The van der Waals surface area contributed by atoms with Crippen molar-refractivity contribution in [2.24, 2.45) is 11.5 Å². The third-order valence-corrected chi connectivity index (χ3v) is 4.35. The molecule has 1 unspecified atom stereocenters. The quantitative estimate of drug-likeness (QED) is 0.604. The summed E-state index contributed by atoms with van der Waals surface area (Å²) in [5, 5.41) is 4.96. The number of amides is 2. The second-order valence-electron chi connectivity index (χ2n) is 4.58. The fraction of sp³-hybridized carbons (Fsp3) is 0.308. The Labute approximate surface area is 135 Å². The Kier molecular flexibility index (Phi) is 5.58. The maximum Gasteiger partial charge on any atom is 0.265 e. The van der Waals surface area contributed by atoms with Crippen molar-refractivity contribution in [3.63, 3.8) is 0 Å². The molecule has 9 heteroatoms. The number of thiazole rings is 1. The molecule has 0 aliphatic rings. The lowest BCUT2D eigenvalue weighted by Crippen LogP contribution is -2.36. The number of hydrogen-bond donors (Lipinski definition) is 4. The number of primary amides is 1. The normalized spacial score (nSPS) is 12.1. The van der Waals surface area contributed by atoms with Crippen LogP contribution in [0.4, 0.5) is 5.13 Å². The van der Waals surface area contributed by atoms with Gasteiger partial charge >= 0.3 is 0 Å². The topological polar surface area (TPSA) is 127 Å². The van der Waals surface area contributed by atoms with Crippen LogP contribution in [0.1, 0.15) is 16.9 Å². The summed E-state index contributed by atoms with van der Waals surface area (Å²) in [6.07, 6.45) is 4.23. The predicted molar refractivity (Wildman–Crippen MR) is 90.0 cm³/mol. The highest BCUT2D eigenvalue weighted by atomic mass is 32.2. The van der Waals surface area contributed by atoms with E-state index in [4.69, 9.17) is 11.5 Å². The number of nitrogens with two attached hydrogens (primary N) is 2. The third-order valence-electron chi connectivity index (χ3n) is 2.95. The highest BCUT2D eigenvalue weighted by Crippen LogP contribution is 2.25. The van der Waals surface area contributed by atoms with Gasteiger partial charge in [0.2, 0.25) is 5.91 Å². The molecule has 2 aromatic rings. The molecule has 0 aliphatic carbocycles. The number of rotatable bonds is 7. The first-order valence-electron chi connectivity index (χ1n) is 6.50. The van der Waals surface area contributed by atoms with Crippen LogP contribution in [-0.2, 0) is 4.79 Å². The van der Waals surface area contributed by atoms with Gasteiger partial charge in [-0.05, 0) is 24.5 Å². The first-order chi connectivity index (χ1) is 10.5. The van der Waals surface area contributed by atoms with Crippen LogP contribution in [0.25, 0.3) is 11.3 Å². The maximum absolute atomic E-state index is 11.9. The largest absolute Gasteiger partial charge is 0.364 e. The molecule has 6 N–H and O–H groups in total. The minimum Gasteiger partial charge on any atom is -0.364 e. The molecule has 2 rings (SSSR count). The van der Waals surface area contributed by atoms with Gasteiger partial charge in [0.15, 0.2) is 5.13 Å². The number of thioether (sulfide) groups is 1. The summed E-state index contributed by atoms with van der Waals surface area (Å²) in [6, 6.07) is 1.07. The van der Waals surface area contributed by atoms with Gasteiger partial charge in [-0.3, -0.25) is 9.59 Å². The molecule has 118 valence electrons. The van der Waals surface area contributed by atoms with E-state index in [2.05, 4.69) is 15.3 Å². The van der Waals surface area contributed by atoms with E-state index in [0.29, 0.717) is 22.9 Å². The van der Waals surface area contributed by atoms with Crippen LogP contribution in [0.3, 0.4) is 0 Å². The van der Waals surface area contributed by atoms with Crippen molar-refractivity contribution in [3.8, 4) is 11.3 Å². The number of H-pyrrole nitrogens is 1. The monoisotopic (exact) mass is 339 g/mol. The van der Waals surface area contributed by atoms with Gasteiger partial charge in [-0.2, -0.15) is 11.8 Å². The van der Waals surface area contributed by atoms with Gasteiger partial charge in [-0.15, -0.1) is 11.3 Å². The maximum atomic E-state index is 11.9. The number of aromatic amines is 1. The van der Waals surface area contributed by atoms with Gasteiger partial charge < -0.3 is 21.8 Å². The number of anilines is 1. The van der Waals surface area contributed by atoms with E-state index in [1.54, 1.807) is 29.4 Å². The lowest BCUT2D eigenvalue weighted by atomic mass is 10.2. The first-order valence-corrected chi connectivity index (χ1v) is 8.78. The van der Waals surface area contributed by atoms with E-state index in [0.717, 1.165) is 11.3 Å². The Bertz CT molecular complexity index is 667. The molecule has 0 spiro atoms. The Morgan fingerprint density at radius 2 is 2.32 bits per heavy atom. The summed E-state index contributed by atoms with van der Waals surface area (Å²) < 4.78 is 0. The van der Waals surface area contributed by atoms with Crippen molar-refractivity contribution in [3.05, 3.63) is 23.3 Å². The predicted octanol–water partition coefficient (Wildman–Crippen LogP) is 1.26. The van der Waals surface area contributed by atoms with Gasteiger partial charge in [-0.25, -0.2) is 4.98 Å². The van der Waals surface area contributed by atoms with Gasteiger partial charge in [0.05, 0.1) is 11.7 Å². The van der Waals surface area contributed by atoms with Crippen molar-refractivity contribution in [2.45, 2.75) is 12.5 Å². The summed E-state index contributed by atoms with van der Waals surface area (Å²) in [4.78, 5) is 30.1. The second kappa shape index (κ2) is 7.43. The Balaban J connectivity index is 2.01. The Hall–Kier alpha value is -1.84. The molecule has 7 nitrogen and oxygen atoms in total. The van der Waals surface area contributed by atoms with Crippen molar-refractivity contribution in [1.82, 2.24) is 9.97 Å². The molecule has 0 radical (unpaired) electrons. The van der Waals surface area contributed by atoms with Gasteiger partial charge in [0.25, 0.3) is 5.91 Å². The Morgan fingerprint density at radius 3 is 2.95 bits per heavy atom. The van der Waals surface area contributed by atoms with Crippen LogP contribution < -0.4 is 16.8 Å². The lowest BCUT2D eigenvalue weighted by Gasteiger charge is -2.09. The molecule has 2 aromatic heterocycles. The molecule has 0 aromatic carbocycles. The number of carbonyl (C=O) groups excluding carboxylic acids is 2. The summed E-state index contributed by atoms with van der Waals surface area (Å²) in [5.41, 5.74) is 12.7. The zero-order valence-corrected chi connectivity index (χ0v) is 13.6. The van der Waals surface area contributed by atoms with Crippen molar-refractivity contribution >= 4 is 40.0 Å². The number of nitrogens with zero attached hydrogens (tertiary/aromatic N) is 1. The molecule has 2 heterocycles. The molecular formula is C13H17N5O2S2. The molecule has 0 saturated heterocycles. The van der Waals surface area contributed by atoms with E-state index in [1.807, 2.05) is 6.26 Å². The molecule has 1 atom stereocenters. The minimum absolute atomic E-state index is 0.248. The fourth-order valence-corrected chi connectivity index (χ4v) is 2.93. The standard InChI is InChI=1S/C13H17N5O2S2/c1-21-3-2-8(14)12(20)18-13-17-10(6-22-13)7-4-9(11(15)19)16-5-7/h4-6,8,16H,2-3,14H2,1H3,(H2,15,19)(H,17,18,20). The Morgan fingerprint density at radius 1 is 1.55 bits per heavy atom. The number of aromatic nitrogens is 2. The molecule has 22 heavy (non-hydrogen) atoms. The smallest absolute Gasteiger partial charge is 0.265 e. The molecule has 0 fully saturated rings. The first kappa shape index (κ1) is 16.5. The summed E-state index contributed by atoms with van der Waals surface area (Å²) >= 11 is 2.94. The van der Waals surface area contributed by atoms with Crippen LogP contribution in [0.15, 0.2) is 17.6 Å². The van der Waals surface area contributed by atoms with Gasteiger partial charge in [-0.1, -0.05) is 0 Å². The molecule has 0 bridgehead atoms. The summed E-state index contributed by atoms with van der Waals surface area (Å²) in [5.74, 6) is 0.0494. The zero-order chi connectivity index (χ0) is 16.1. The summed E-state index contributed by atoms with van der Waals surface area (Å²) in [7, 11) is 0. The van der Waals surface area contributed by atoms with Crippen LogP contribution in [-0.4, -0.2) is 39.8 Å². The average molecular weight is 339 g/mol.